The zero-order valence-corrected chi connectivity index (χ0v) is 17.9. The second kappa shape index (κ2) is 5.60. The summed E-state index contributed by atoms with van der Waals surface area (Å²) in [4.78, 5) is 28.1. The number of nitrogens with zero attached hydrogens (tertiary/aromatic N) is 2. The van der Waals surface area contributed by atoms with E-state index in [1.807, 2.05) is 24.3 Å². The van der Waals surface area contributed by atoms with E-state index in [0.29, 0.717) is 38.0 Å². The summed E-state index contributed by atoms with van der Waals surface area (Å²) < 4.78 is 10.1. The number of amides is 1. The smallest absolute Gasteiger partial charge is 0.414 e. The van der Waals surface area contributed by atoms with Crippen molar-refractivity contribution < 1.29 is 28.8 Å². The molecule has 2 saturated heterocycles. The zero-order chi connectivity index (χ0) is 21.9. The Kier molecular flexibility index (Phi) is 3.53. The summed E-state index contributed by atoms with van der Waals surface area (Å²) in [5, 5.41) is 26.5. The number of anilines is 1. The zero-order valence-electron chi connectivity index (χ0n) is 17.9. The Labute approximate surface area is 180 Å². The van der Waals surface area contributed by atoms with Crippen molar-refractivity contribution in [3.8, 4) is 0 Å². The second-order valence-electron chi connectivity index (χ2n) is 10.2. The van der Waals surface area contributed by atoms with Gasteiger partial charge in [-0.15, -0.1) is 0 Å². The molecule has 8 nitrogen and oxygen atoms in total. The molecule has 31 heavy (non-hydrogen) atoms. The average molecular weight is 428 g/mol. The highest BCUT2D eigenvalue weighted by Gasteiger charge is 2.89. The Bertz CT molecular complexity index is 1020. The van der Waals surface area contributed by atoms with Gasteiger partial charge in [0.25, 0.3) is 0 Å². The van der Waals surface area contributed by atoms with Crippen molar-refractivity contribution in [3.63, 3.8) is 0 Å². The van der Waals surface area contributed by atoms with Crippen LogP contribution >= 0.6 is 0 Å². The Morgan fingerprint density at radius 1 is 1.13 bits per heavy atom. The topological polar surface area (TPSA) is 99.1 Å². The van der Waals surface area contributed by atoms with E-state index >= 15 is 0 Å². The molecule has 1 N–H and O–H groups in total. The summed E-state index contributed by atoms with van der Waals surface area (Å²) >= 11 is 0. The van der Waals surface area contributed by atoms with E-state index in [4.69, 9.17) is 9.47 Å². The third-order valence-electron chi connectivity index (χ3n) is 9.52. The summed E-state index contributed by atoms with van der Waals surface area (Å²) in [7, 11) is 2.58. The van der Waals surface area contributed by atoms with Crippen molar-refractivity contribution in [2.75, 3.05) is 32.2 Å². The maximum absolute atomic E-state index is 14.2. The van der Waals surface area contributed by atoms with Gasteiger partial charge < -0.3 is 24.4 Å². The fraction of sp³-hybridized carbons (Fsp3) is 0.652. The number of quaternary nitrogens is 1. The molecule has 0 aromatic heterocycles. The fourth-order valence-electron chi connectivity index (χ4n) is 8.99. The molecule has 0 radical (unpaired) electrons. The number of piperidine rings is 1. The van der Waals surface area contributed by atoms with Crippen molar-refractivity contribution in [1.29, 1.82) is 0 Å². The minimum absolute atomic E-state index is 0.142. The number of hydrogen-bond donors (Lipinski definition) is 1. The van der Waals surface area contributed by atoms with Crippen LogP contribution in [0.25, 0.3) is 0 Å². The van der Waals surface area contributed by atoms with Gasteiger partial charge in [-0.1, -0.05) is 18.2 Å². The quantitative estimate of drug-likeness (QED) is 0.418. The molecular formula is C23H28N2O6. The van der Waals surface area contributed by atoms with Crippen LogP contribution in [0.5, 0.6) is 0 Å². The summed E-state index contributed by atoms with van der Waals surface area (Å²) in [5.74, 6) is -0.729. The van der Waals surface area contributed by atoms with Crippen LogP contribution in [0.15, 0.2) is 24.3 Å². The number of fused-ring (bicyclic) bond motifs is 3. The molecule has 3 heterocycles. The molecule has 3 saturated carbocycles. The maximum atomic E-state index is 14.2. The molecule has 166 valence electrons. The minimum atomic E-state index is -1.92. The lowest BCUT2D eigenvalue weighted by atomic mass is 9.37. The van der Waals surface area contributed by atoms with Gasteiger partial charge in [-0.3, -0.25) is 4.90 Å². The highest BCUT2D eigenvalue weighted by Crippen LogP contribution is 2.78. The lowest BCUT2D eigenvalue weighted by molar-refractivity contribution is -0.912. The van der Waals surface area contributed by atoms with Gasteiger partial charge in [-0.05, 0) is 37.3 Å². The van der Waals surface area contributed by atoms with Crippen LogP contribution in [-0.2, 0) is 19.7 Å². The molecule has 1 aromatic carbocycles. The number of carbonyl (C=O) groups is 2. The molecule has 3 spiro atoms. The third-order valence-corrected chi connectivity index (χ3v) is 9.52. The third kappa shape index (κ3) is 1.76. The lowest BCUT2D eigenvalue weighted by Crippen LogP contribution is -2.87. The average Bonchev–Trinajstić information content (AvgIpc) is 3.24. The van der Waals surface area contributed by atoms with Crippen molar-refractivity contribution in [2.45, 2.75) is 61.1 Å². The van der Waals surface area contributed by atoms with Gasteiger partial charge in [0.05, 0.1) is 38.4 Å². The van der Waals surface area contributed by atoms with E-state index in [1.54, 1.807) is 0 Å². The standard InChI is InChI=1S/C23H28N2O6/c1-30-18(26)22(28)14-20-8-5-12-25(29)13-11-21(17(20)25)15-6-3-4-7-16(15)24(19(27)31-2)23(21,22)10-9-20/h3-4,6-7,17,28H,5,8-14H2,1-2H3/t17-,20+,21+,22+,23-,25-/m0/s1. The van der Waals surface area contributed by atoms with Crippen LogP contribution in [0.3, 0.4) is 0 Å². The molecule has 3 aliphatic carbocycles. The van der Waals surface area contributed by atoms with Crippen molar-refractivity contribution >= 4 is 17.7 Å². The van der Waals surface area contributed by atoms with E-state index in [-0.39, 0.29) is 17.1 Å². The first kappa shape index (κ1) is 19.5. The van der Waals surface area contributed by atoms with Gasteiger partial charge in [0, 0.05) is 18.3 Å². The Morgan fingerprint density at radius 2 is 1.90 bits per heavy atom. The number of rotatable bonds is 1. The van der Waals surface area contributed by atoms with Crippen LogP contribution < -0.4 is 4.90 Å². The van der Waals surface area contributed by atoms with Crippen LogP contribution in [0, 0.1) is 10.6 Å². The monoisotopic (exact) mass is 428 g/mol. The first-order valence-corrected chi connectivity index (χ1v) is 11.1. The first-order valence-electron chi connectivity index (χ1n) is 11.1. The molecule has 1 amide bonds. The number of esters is 1. The molecule has 3 aliphatic heterocycles. The van der Waals surface area contributed by atoms with Crippen molar-refractivity contribution in [1.82, 2.24) is 0 Å². The SMILES string of the molecule is COC(=O)N1c2ccccc2[C@@]23CC[N@@+]4([O-])CCC[C@]5(CC[C@]12[C@](O)(C(=O)OC)C5)[C@@H]34. The van der Waals surface area contributed by atoms with E-state index in [0.717, 1.165) is 18.4 Å². The van der Waals surface area contributed by atoms with Gasteiger partial charge in [0.1, 0.15) is 11.6 Å². The van der Waals surface area contributed by atoms with Crippen molar-refractivity contribution in [3.05, 3.63) is 35.0 Å². The molecule has 0 unspecified atom stereocenters. The van der Waals surface area contributed by atoms with Crippen LogP contribution in [0.1, 0.15) is 44.1 Å². The number of benzene rings is 1. The summed E-state index contributed by atoms with van der Waals surface area (Å²) in [5.41, 5.74) is -2.99. The summed E-state index contributed by atoms with van der Waals surface area (Å²) in [6.45, 7) is 0.968. The predicted molar refractivity (Wildman–Crippen MR) is 110 cm³/mol. The van der Waals surface area contributed by atoms with Crippen molar-refractivity contribution in [2.24, 2.45) is 5.41 Å². The number of aliphatic hydroxyl groups is 1. The van der Waals surface area contributed by atoms with Gasteiger partial charge in [0.2, 0.25) is 0 Å². The first-order chi connectivity index (χ1) is 14.8. The van der Waals surface area contributed by atoms with Crippen LogP contribution in [0.2, 0.25) is 0 Å². The highest BCUT2D eigenvalue weighted by atomic mass is 16.6. The molecule has 1 aromatic rings. The van der Waals surface area contributed by atoms with Gasteiger partial charge in [-0.2, -0.15) is 0 Å². The van der Waals surface area contributed by atoms with E-state index in [2.05, 4.69) is 0 Å². The number of para-hydroxylation sites is 1. The molecule has 6 atom stereocenters. The van der Waals surface area contributed by atoms with Crippen LogP contribution in [0.4, 0.5) is 10.5 Å². The molecule has 8 heteroatoms. The summed E-state index contributed by atoms with van der Waals surface area (Å²) in [6, 6.07) is 7.26. The van der Waals surface area contributed by atoms with E-state index < -0.39 is 34.0 Å². The summed E-state index contributed by atoms with van der Waals surface area (Å²) in [6.07, 6.45) is 2.75. The number of methoxy groups -OCH3 is 2. The second-order valence-corrected chi connectivity index (χ2v) is 10.2. The molecule has 7 rings (SSSR count). The van der Waals surface area contributed by atoms with Gasteiger partial charge >= 0.3 is 12.1 Å². The maximum Gasteiger partial charge on any atom is 0.414 e. The Morgan fingerprint density at radius 3 is 2.65 bits per heavy atom. The normalized spacial score (nSPS) is 46.2. The predicted octanol–water partition coefficient (Wildman–Crippen LogP) is 2.22. The number of hydroxylamine groups is 3. The number of carbonyl (C=O) groups excluding carboxylic acids is 2. The van der Waals surface area contributed by atoms with Gasteiger partial charge in [0.15, 0.2) is 5.60 Å². The van der Waals surface area contributed by atoms with E-state index in [9.17, 15) is 19.9 Å². The molecule has 6 aliphatic rings. The number of hydrogen-bond acceptors (Lipinski definition) is 6. The van der Waals surface area contributed by atoms with E-state index in [1.165, 1.54) is 19.1 Å². The largest absolute Gasteiger partial charge is 0.633 e. The molecule has 2 bridgehead atoms. The Balaban J connectivity index is 1.75. The highest BCUT2D eigenvalue weighted by molar-refractivity contribution is 5.99. The fourth-order valence-corrected chi connectivity index (χ4v) is 8.99. The van der Waals surface area contributed by atoms with Crippen LogP contribution in [-0.4, -0.2) is 66.3 Å². The minimum Gasteiger partial charge on any atom is -0.633 e. The lowest BCUT2D eigenvalue weighted by Gasteiger charge is -2.72. The molecule has 5 fully saturated rings. The van der Waals surface area contributed by atoms with Gasteiger partial charge in [-0.25, -0.2) is 9.59 Å². The molecular weight excluding hydrogens is 400 g/mol. The Hall–Kier alpha value is -2.16. The number of ether oxygens (including phenoxy) is 2.